The summed E-state index contributed by atoms with van der Waals surface area (Å²) in [5.74, 6) is -1.90. The largest absolute Gasteiger partial charge is 0.493 e. The highest BCUT2D eigenvalue weighted by atomic mass is 16.6. The van der Waals surface area contributed by atoms with E-state index in [-0.39, 0.29) is 122 Å². The minimum Gasteiger partial charge on any atom is -0.493 e. The molecule has 472 valence electrons. The highest BCUT2D eigenvalue weighted by Gasteiger charge is 2.47. The molecule has 25 nitrogen and oxygen atoms in total. The number of fused-ring (bicyclic) bond motifs is 4. The summed E-state index contributed by atoms with van der Waals surface area (Å²) in [7, 11) is 2.96. The van der Waals surface area contributed by atoms with Gasteiger partial charge in [0, 0.05) is 68.8 Å². The second-order valence-electron chi connectivity index (χ2n) is 23.7. The minimum absolute atomic E-state index is 0.00835. The number of amides is 10. The summed E-state index contributed by atoms with van der Waals surface area (Å²) in [4.78, 5) is 128. The standard InChI is InChI=1S/C63H80N10O15/c1-37(2)55(69-52(74)16-10-8-11-24-70-53(75)21-22-54(70)76)57(78)68-44(15-14-23-65-61(64)82)56(77)67-40-19-17-39(18-20-40)35-88-62(83)73-46-31-51(49(85-7)29-43(46)59(80)71-34-38(3)27-47(71)60(73)81)87-26-13-9-12-25-86-50-30-45-42(28-48(50)84-6)58(79)72-36-63(4,5)32-41(72)33-66-45/h17-22,28-31,33,37,41,44,47,55,60,81H,3,8-16,23-27,32,34-36H2,1-2,4-7H3,(H,67,77)(H,68,78)(H,69,74)(H3,64,65,82)/t41-,44-,47-,55-,60-/m0/s1. The first-order valence-corrected chi connectivity index (χ1v) is 29.8. The number of methoxy groups -OCH3 is 2. The summed E-state index contributed by atoms with van der Waals surface area (Å²) in [6.45, 7) is 13.2. The lowest BCUT2D eigenvalue weighted by Gasteiger charge is -2.31. The number of urea groups is 1. The number of anilines is 2. The van der Waals surface area contributed by atoms with Crippen LogP contribution >= 0.6 is 0 Å². The van der Waals surface area contributed by atoms with Gasteiger partial charge in [-0.3, -0.25) is 43.5 Å². The number of nitrogens with zero attached hydrogens (tertiary/aromatic N) is 5. The van der Waals surface area contributed by atoms with E-state index >= 15 is 0 Å². The lowest BCUT2D eigenvalue weighted by Crippen LogP contribution is -2.54. The van der Waals surface area contributed by atoms with Crippen LogP contribution in [0, 0.1) is 11.3 Å². The van der Waals surface area contributed by atoms with E-state index in [1.807, 2.05) is 11.1 Å². The molecule has 0 spiro atoms. The van der Waals surface area contributed by atoms with Gasteiger partial charge in [-0.1, -0.05) is 58.4 Å². The number of hydrogen-bond acceptors (Lipinski definition) is 16. The van der Waals surface area contributed by atoms with E-state index in [4.69, 9.17) is 29.4 Å². The molecule has 8 rings (SSSR count). The number of carbonyl (C=O) groups is 9. The molecule has 5 aliphatic rings. The Hall–Kier alpha value is -9.00. The van der Waals surface area contributed by atoms with E-state index in [1.54, 1.807) is 50.2 Å². The number of carbonyl (C=O) groups excluding carboxylic acids is 9. The summed E-state index contributed by atoms with van der Waals surface area (Å²) in [6.07, 6.45) is 6.64. The van der Waals surface area contributed by atoms with Crippen LogP contribution in [0.5, 0.6) is 23.0 Å². The van der Waals surface area contributed by atoms with Gasteiger partial charge in [-0.15, -0.1) is 0 Å². The number of aliphatic hydroxyl groups is 1. The molecule has 0 aromatic heterocycles. The van der Waals surface area contributed by atoms with Crippen molar-refractivity contribution in [3.8, 4) is 23.0 Å². The maximum atomic E-state index is 14.3. The highest BCUT2D eigenvalue weighted by Crippen LogP contribution is 2.44. The van der Waals surface area contributed by atoms with E-state index in [0.29, 0.717) is 91.3 Å². The summed E-state index contributed by atoms with van der Waals surface area (Å²) in [6, 6.07) is 8.93. The van der Waals surface area contributed by atoms with Crippen LogP contribution in [0.4, 0.5) is 26.7 Å². The van der Waals surface area contributed by atoms with Gasteiger partial charge in [0.1, 0.15) is 18.7 Å². The van der Waals surface area contributed by atoms with Crippen molar-refractivity contribution in [2.45, 2.75) is 135 Å². The molecule has 5 heterocycles. The first-order chi connectivity index (χ1) is 42.1. The number of unbranched alkanes of at least 4 members (excludes halogenated alkanes) is 4. The third-order valence-electron chi connectivity index (χ3n) is 16.0. The van der Waals surface area contributed by atoms with Crippen LogP contribution in [-0.2, 0) is 35.3 Å². The van der Waals surface area contributed by atoms with Crippen molar-refractivity contribution in [3.05, 3.63) is 89.5 Å². The minimum atomic E-state index is -1.55. The Kier molecular flexibility index (Phi) is 21.5. The quantitative estimate of drug-likeness (QED) is 0.0275. The van der Waals surface area contributed by atoms with Crippen LogP contribution in [0.1, 0.15) is 125 Å². The van der Waals surface area contributed by atoms with E-state index in [1.165, 1.54) is 43.4 Å². The van der Waals surface area contributed by atoms with Gasteiger partial charge in [0.25, 0.3) is 23.6 Å². The average Bonchev–Trinajstić information content (AvgIpc) is 1.75. The second kappa shape index (κ2) is 29.1. The third kappa shape index (κ3) is 15.9. The molecule has 10 amide bonds. The fourth-order valence-electron chi connectivity index (χ4n) is 11.4. The number of primary amides is 1. The number of aliphatic hydroxyl groups excluding tert-OH is 1. The molecule has 3 aromatic carbocycles. The molecule has 5 aliphatic heterocycles. The van der Waals surface area contributed by atoms with Gasteiger partial charge in [-0.05, 0) is 98.9 Å². The monoisotopic (exact) mass is 1220 g/mol. The number of nitrogens with one attached hydrogen (secondary N) is 4. The van der Waals surface area contributed by atoms with Crippen LogP contribution in [0.2, 0.25) is 0 Å². The number of hydrogen-bond donors (Lipinski definition) is 6. The molecule has 25 heteroatoms. The predicted octanol–water partition coefficient (Wildman–Crippen LogP) is 6.03. The molecule has 3 aromatic rings. The average molecular weight is 1220 g/mol. The molecular formula is C63H80N10O15. The van der Waals surface area contributed by atoms with E-state index in [9.17, 15) is 48.3 Å². The van der Waals surface area contributed by atoms with Crippen LogP contribution in [0.15, 0.2) is 77.8 Å². The van der Waals surface area contributed by atoms with Gasteiger partial charge in [0.2, 0.25) is 17.7 Å². The smallest absolute Gasteiger partial charge is 0.416 e. The summed E-state index contributed by atoms with van der Waals surface area (Å²) in [5, 5.41) is 22.8. The molecule has 0 unspecified atom stereocenters. The van der Waals surface area contributed by atoms with Gasteiger partial charge in [0.15, 0.2) is 29.2 Å². The van der Waals surface area contributed by atoms with Crippen LogP contribution in [0.3, 0.4) is 0 Å². The Morgan fingerprint density at radius 3 is 2.10 bits per heavy atom. The SMILES string of the molecule is C=C1C[C@H]2[C@H](O)N(C(=O)OCc3ccc(NC(=O)[C@H](CCCNC(N)=O)NC(=O)[C@@H](NC(=O)CCCCCN4C(=O)C=CC4=O)C(C)C)cc3)c3cc(OCCCCCOc4cc5c(cc4OC)C(=O)N4CC(C)(C)C[C@H]4C=N5)c(OC)cc3C(=O)N2C1. The maximum absolute atomic E-state index is 14.3. The summed E-state index contributed by atoms with van der Waals surface area (Å²) >= 11 is 0. The molecule has 0 saturated carbocycles. The number of nitrogens with two attached hydrogens (primary N) is 1. The molecule has 88 heavy (non-hydrogen) atoms. The van der Waals surface area contributed by atoms with Crippen molar-refractivity contribution in [2.24, 2.45) is 22.1 Å². The normalized spacial score (nSPS) is 18.8. The van der Waals surface area contributed by atoms with Crippen molar-refractivity contribution < 1.29 is 71.9 Å². The third-order valence-corrected chi connectivity index (χ3v) is 16.0. The highest BCUT2D eigenvalue weighted by molar-refractivity contribution is 6.13. The van der Waals surface area contributed by atoms with Gasteiger partial charge in [-0.25, -0.2) is 14.5 Å². The van der Waals surface area contributed by atoms with Crippen molar-refractivity contribution in [1.82, 2.24) is 30.7 Å². The number of rotatable bonds is 28. The van der Waals surface area contributed by atoms with Crippen molar-refractivity contribution in [3.63, 3.8) is 0 Å². The summed E-state index contributed by atoms with van der Waals surface area (Å²) in [5.41, 5.74) is 7.85. The molecule has 7 N–H and O–H groups in total. The van der Waals surface area contributed by atoms with Gasteiger partial charge >= 0.3 is 12.1 Å². The second-order valence-corrected chi connectivity index (χ2v) is 23.7. The topological polar surface area (TPSA) is 319 Å². The lowest BCUT2D eigenvalue weighted by molar-refractivity contribution is -0.137. The fraction of sp³-hybridized carbons (Fsp3) is 0.492. The Morgan fingerprint density at radius 1 is 0.795 bits per heavy atom. The lowest BCUT2D eigenvalue weighted by atomic mass is 9.91. The zero-order valence-electron chi connectivity index (χ0n) is 50.7. The van der Waals surface area contributed by atoms with Crippen LogP contribution < -0.4 is 50.8 Å². The molecule has 0 radical (unpaired) electrons. The number of ether oxygens (including phenoxy) is 5. The van der Waals surface area contributed by atoms with Gasteiger partial charge in [0.05, 0.1) is 62.0 Å². The molecule has 0 aliphatic carbocycles. The fourth-order valence-corrected chi connectivity index (χ4v) is 11.4. The van der Waals surface area contributed by atoms with Crippen molar-refractivity contribution in [2.75, 3.05) is 63.8 Å². The van der Waals surface area contributed by atoms with Gasteiger partial charge < -0.3 is 65.6 Å². The first-order valence-electron chi connectivity index (χ1n) is 29.8. The Labute approximate surface area is 511 Å². The Bertz CT molecular complexity index is 3200. The van der Waals surface area contributed by atoms with Crippen LogP contribution in [-0.4, -0.2) is 164 Å². The molecule has 2 saturated heterocycles. The number of benzene rings is 3. The zero-order chi connectivity index (χ0) is 63.4. The molecule has 0 bridgehead atoms. The molecular weight excluding hydrogens is 1140 g/mol. The van der Waals surface area contributed by atoms with E-state index in [2.05, 4.69) is 46.7 Å². The Morgan fingerprint density at radius 2 is 1.44 bits per heavy atom. The number of imide groups is 1. The number of aliphatic imine (C=N–C) groups is 1. The Balaban J connectivity index is 0.863. The van der Waals surface area contributed by atoms with Crippen molar-refractivity contribution in [1.29, 1.82) is 0 Å². The van der Waals surface area contributed by atoms with Crippen LogP contribution in [0.25, 0.3) is 0 Å². The summed E-state index contributed by atoms with van der Waals surface area (Å²) < 4.78 is 29.6. The predicted molar refractivity (Wildman–Crippen MR) is 324 cm³/mol. The van der Waals surface area contributed by atoms with Gasteiger partial charge in [-0.2, -0.15) is 0 Å². The van der Waals surface area contributed by atoms with Crippen molar-refractivity contribution >= 4 is 76.8 Å². The first kappa shape index (κ1) is 65.0. The maximum Gasteiger partial charge on any atom is 0.416 e. The zero-order valence-corrected chi connectivity index (χ0v) is 50.7. The van der Waals surface area contributed by atoms with E-state index in [0.717, 1.165) is 16.2 Å². The van der Waals surface area contributed by atoms with E-state index < -0.39 is 54.2 Å². The molecule has 5 atom stereocenters. The molecule has 2 fully saturated rings.